The first-order valence-electron chi connectivity index (χ1n) is 10.1. The minimum Gasteiger partial charge on any atom is -0.444 e. The second-order valence-electron chi connectivity index (χ2n) is 7.64. The molecule has 4 rings (SSSR count). The van der Waals surface area contributed by atoms with E-state index in [1.165, 1.54) is 4.31 Å². The SMILES string of the molecule is CCc1ccc(S(=O)(=O)N2CCC(N3C(=O)OCc4cccc(C)c43)CC2)cc1. The summed E-state index contributed by atoms with van der Waals surface area (Å²) in [4.78, 5) is 14.6. The number of anilines is 1. The molecule has 0 aliphatic carbocycles. The number of piperidine rings is 1. The fraction of sp³-hybridized carbons (Fsp3) is 0.409. The summed E-state index contributed by atoms with van der Waals surface area (Å²) in [6, 6.07) is 12.9. The number of aryl methyl sites for hydroxylation is 2. The second kappa shape index (κ2) is 7.80. The number of sulfonamides is 1. The van der Waals surface area contributed by atoms with E-state index in [2.05, 4.69) is 0 Å². The molecule has 6 nitrogen and oxygen atoms in total. The van der Waals surface area contributed by atoms with E-state index in [9.17, 15) is 13.2 Å². The number of hydrogen-bond donors (Lipinski definition) is 0. The van der Waals surface area contributed by atoms with E-state index >= 15 is 0 Å². The molecule has 2 aromatic rings. The summed E-state index contributed by atoms with van der Waals surface area (Å²) in [5.74, 6) is 0. The molecule has 1 fully saturated rings. The van der Waals surface area contributed by atoms with Crippen molar-refractivity contribution in [3.05, 3.63) is 59.2 Å². The first-order chi connectivity index (χ1) is 13.9. The molecule has 0 unspecified atom stereocenters. The molecule has 2 aromatic carbocycles. The van der Waals surface area contributed by atoms with Crippen LogP contribution in [0.25, 0.3) is 0 Å². The van der Waals surface area contributed by atoms with Crippen LogP contribution in [0.3, 0.4) is 0 Å². The lowest BCUT2D eigenvalue weighted by atomic mass is 10.00. The highest BCUT2D eigenvalue weighted by Gasteiger charge is 2.37. The topological polar surface area (TPSA) is 66.9 Å². The summed E-state index contributed by atoms with van der Waals surface area (Å²) in [5, 5.41) is 0. The summed E-state index contributed by atoms with van der Waals surface area (Å²) < 4.78 is 32.9. The molecule has 0 saturated carbocycles. The zero-order valence-electron chi connectivity index (χ0n) is 16.8. The normalized spacial score (nSPS) is 18.4. The number of para-hydroxylation sites is 1. The Labute approximate surface area is 172 Å². The number of ether oxygens (including phenoxy) is 1. The van der Waals surface area contributed by atoms with Crippen LogP contribution in [0.2, 0.25) is 0 Å². The minimum atomic E-state index is -3.52. The van der Waals surface area contributed by atoms with Crippen molar-refractivity contribution in [3.8, 4) is 0 Å². The first-order valence-corrected chi connectivity index (χ1v) is 11.5. The molecule has 29 heavy (non-hydrogen) atoms. The fourth-order valence-corrected chi connectivity index (χ4v) is 5.67. The fourth-order valence-electron chi connectivity index (χ4n) is 4.20. The van der Waals surface area contributed by atoms with Gasteiger partial charge in [-0.3, -0.25) is 4.90 Å². The Hall–Kier alpha value is -2.38. The molecule has 1 amide bonds. The molecular formula is C22H26N2O4S. The zero-order valence-corrected chi connectivity index (χ0v) is 17.6. The lowest BCUT2D eigenvalue weighted by Crippen LogP contribution is -2.50. The van der Waals surface area contributed by atoms with Crippen LogP contribution in [0, 0.1) is 6.92 Å². The molecular weight excluding hydrogens is 388 g/mol. The third-order valence-electron chi connectivity index (χ3n) is 5.87. The van der Waals surface area contributed by atoms with E-state index in [-0.39, 0.29) is 18.7 Å². The molecule has 0 spiro atoms. The van der Waals surface area contributed by atoms with Crippen LogP contribution in [0.15, 0.2) is 47.4 Å². The van der Waals surface area contributed by atoms with Crippen molar-refractivity contribution in [3.63, 3.8) is 0 Å². The van der Waals surface area contributed by atoms with Gasteiger partial charge in [-0.15, -0.1) is 0 Å². The monoisotopic (exact) mass is 414 g/mol. The highest BCUT2D eigenvalue weighted by Crippen LogP contribution is 2.35. The second-order valence-corrected chi connectivity index (χ2v) is 9.58. The number of carbonyl (C=O) groups excluding carboxylic acids is 1. The van der Waals surface area contributed by atoms with Crippen LogP contribution >= 0.6 is 0 Å². The summed E-state index contributed by atoms with van der Waals surface area (Å²) in [6.45, 7) is 5.08. The van der Waals surface area contributed by atoms with Crippen molar-refractivity contribution in [2.75, 3.05) is 18.0 Å². The third-order valence-corrected chi connectivity index (χ3v) is 7.78. The molecule has 154 valence electrons. The summed E-state index contributed by atoms with van der Waals surface area (Å²) >= 11 is 0. The van der Waals surface area contributed by atoms with Crippen LogP contribution in [0.1, 0.15) is 36.5 Å². The third kappa shape index (κ3) is 3.65. The largest absolute Gasteiger partial charge is 0.444 e. The minimum absolute atomic E-state index is 0.0726. The molecule has 2 aliphatic rings. The van der Waals surface area contributed by atoms with Gasteiger partial charge in [-0.2, -0.15) is 4.31 Å². The number of carbonyl (C=O) groups is 1. The average molecular weight is 415 g/mol. The highest BCUT2D eigenvalue weighted by molar-refractivity contribution is 7.89. The Balaban J connectivity index is 1.52. The highest BCUT2D eigenvalue weighted by atomic mass is 32.2. The predicted molar refractivity (Wildman–Crippen MR) is 111 cm³/mol. The van der Waals surface area contributed by atoms with Crippen LogP contribution in [0.5, 0.6) is 0 Å². The van der Waals surface area contributed by atoms with E-state index in [0.29, 0.717) is 30.8 Å². The van der Waals surface area contributed by atoms with Gasteiger partial charge in [0.15, 0.2) is 0 Å². The molecule has 2 heterocycles. The predicted octanol–water partition coefficient (Wildman–Crippen LogP) is 3.87. The van der Waals surface area contributed by atoms with Gasteiger partial charge in [-0.25, -0.2) is 13.2 Å². The van der Waals surface area contributed by atoms with Crippen molar-refractivity contribution in [1.82, 2.24) is 4.31 Å². The van der Waals surface area contributed by atoms with E-state index < -0.39 is 10.0 Å². The van der Waals surface area contributed by atoms with Crippen molar-refractivity contribution in [2.24, 2.45) is 0 Å². The lowest BCUT2D eigenvalue weighted by Gasteiger charge is -2.40. The Morgan fingerprint density at radius 1 is 1.07 bits per heavy atom. The van der Waals surface area contributed by atoms with E-state index in [1.807, 2.05) is 44.2 Å². The number of fused-ring (bicyclic) bond motifs is 1. The molecule has 0 radical (unpaired) electrons. The van der Waals surface area contributed by atoms with Crippen molar-refractivity contribution >= 4 is 21.8 Å². The quantitative estimate of drug-likeness (QED) is 0.762. The number of amides is 1. The smallest absolute Gasteiger partial charge is 0.414 e. The molecule has 1 saturated heterocycles. The van der Waals surface area contributed by atoms with Crippen molar-refractivity contribution in [2.45, 2.75) is 50.7 Å². The number of rotatable bonds is 4. The van der Waals surface area contributed by atoms with E-state index in [1.54, 1.807) is 17.0 Å². The van der Waals surface area contributed by atoms with Gasteiger partial charge in [0.05, 0.1) is 10.6 Å². The van der Waals surface area contributed by atoms with Crippen LogP contribution in [-0.2, 0) is 27.8 Å². The van der Waals surface area contributed by atoms with Gasteiger partial charge in [0.25, 0.3) is 0 Å². The standard InChI is InChI=1S/C22H26N2O4S/c1-3-17-7-9-20(10-8-17)29(26,27)23-13-11-19(12-14-23)24-21-16(2)5-4-6-18(21)15-28-22(24)25/h4-10,19H,3,11-15H2,1-2H3. The van der Waals surface area contributed by atoms with Crippen LogP contribution < -0.4 is 4.90 Å². The molecule has 2 aliphatic heterocycles. The van der Waals surface area contributed by atoms with E-state index in [0.717, 1.165) is 28.8 Å². The van der Waals surface area contributed by atoms with Crippen LogP contribution in [0.4, 0.5) is 10.5 Å². The molecule has 0 bridgehead atoms. The number of benzene rings is 2. The number of nitrogens with zero attached hydrogens (tertiary/aromatic N) is 2. The molecule has 0 N–H and O–H groups in total. The van der Waals surface area contributed by atoms with Gasteiger partial charge in [0, 0.05) is 24.7 Å². The molecule has 0 aromatic heterocycles. The maximum atomic E-state index is 13.0. The van der Waals surface area contributed by atoms with Gasteiger partial charge in [0.2, 0.25) is 10.0 Å². The Morgan fingerprint density at radius 3 is 2.41 bits per heavy atom. The summed E-state index contributed by atoms with van der Waals surface area (Å²) in [6.07, 6.45) is 1.69. The molecule has 0 atom stereocenters. The lowest BCUT2D eigenvalue weighted by molar-refractivity contribution is 0.135. The van der Waals surface area contributed by atoms with Gasteiger partial charge < -0.3 is 4.74 Å². The van der Waals surface area contributed by atoms with Gasteiger partial charge in [0.1, 0.15) is 6.61 Å². The molecule has 7 heteroatoms. The number of hydrogen-bond acceptors (Lipinski definition) is 4. The number of cyclic esters (lactones) is 1. The maximum absolute atomic E-state index is 13.0. The van der Waals surface area contributed by atoms with Gasteiger partial charge in [-0.05, 0) is 49.4 Å². The zero-order chi connectivity index (χ0) is 20.6. The van der Waals surface area contributed by atoms with Crippen molar-refractivity contribution < 1.29 is 17.9 Å². The Bertz CT molecular complexity index is 1010. The first kappa shape index (κ1) is 19.9. The van der Waals surface area contributed by atoms with Gasteiger partial charge in [-0.1, -0.05) is 37.3 Å². The van der Waals surface area contributed by atoms with Crippen molar-refractivity contribution in [1.29, 1.82) is 0 Å². The van der Waals surface area contributed by atoms with E-state index in [4.69, 9.17) is 4.74 Å². The van der Waals surface area contributed by atoms with Gasteiger partial charge >= 0.3 is 6.09 Å². The summed E-state index contributed by atoms with van der Waals surface area (Å²) in [7, 11) is -3.52. The summed E-state index contributed by atoms with van der Waals surface area (Å²) in [5.41, 5.74) is 4.06. The Morgan fingerprint density at radius 2 is 1.76 bits per heavy atom. The average Bonchev–Trinajstić information content (AvgIpc) is 2.74. The van der Waals surface area contributed by atoms with Crippen LogP contribution in [-0.4, -0.2) is 37.9 Å². The Kier molecular flexibility index (Phi) is 5.36. The maximum Gasteiger partial charge on any atom is 0.414 e.